The maximum atomic E-state index is 12.0. The van der Waals surface area contributed by atoms with Crippen molar-refractivity contribution in [3.63, 3.8) is 0 Å². The number of nitrogens with zero attached hydrogens (tertiary/aromatic N) is 3. The second kappa shape index (κ2) is 6.49. The topological polar surface area (TPSA) is 71.3 Å². The van der Waals surface area contributed by atoms with Crippen molar-refractivity contribution in [3.05, 3.63) is 58.1 Å². The first-order valence-electron chi connectivity index (χ1n) is 7.55. The molecule has 3 rings (SSSR count). The van der Waals surface area contributed by atoms with Crippen molar-refractivity contribution in [2.75, 3.05) is 12.4 Å². The number of carbonyl (C=O) groups is 1. The first kappa shape index (κ1) is 16.3. The molecule has 0 aliphatic carbocycles. The molecular formula is C17H18ClN5O. The van der Waals surface area contributed by atoms with Gasteiger partial charge in [0.25, 0.3) is 5.91 Å². The summed E-state index contributed by atoms with van der Waals surface area (Å²) in [5.74, 6) is 0.482. The van der Waals surface area contributed by atoms with Gasteiger partial charge in [0.1, 0.15) is 0 Å². The van der Waals surface area contributed by atoms with Crippen LogP contribution in [0.3, 0.4) is 0 Å². The normalized spacial score (nSPS) is 10.8. The lowest BCUT2D eigenvalue weighted by Crippen LogP contribution is -2.19. The SMILES string of the molecule is CNC(=O)c1cc(Cl)ccc1NCc1cn2c(C)cc(C)nc2n1. The Bertz CT molecular complexity index is 919. The molecule has 7 heteroatoms. The van der Waals surface area contributed by atoms with Crippen LogP contribution in [0.2, 0.25) is 5.02 Å². The fourth-order valence-electron chi connectivity index (χ4n) is 2.58. The third-order valence-corrected chi connectivity index (χ3v) is 3.96. The second-order valence-electron chi connectivity index (χ2n) is 5.56. The monoisotopic (exact) mass is 343 g/mol. The van der Waals surface area contributed by atoms with Gasteiger partial charge in [-0.1, -0.05) is 11.6 Å². The molecular weight excluding hydrogens is 326 g/mol. The van der Waals surface area contributed by atoms with Crippen LogP contribution in [0.5, 0.6) is 0 Å². The van der Waals surface area contributed by atoms with Crippen LogP contribution in [0, 0.1) is 13.8 Å². The number of aryl methyl sites for hydroxylation is 2. The van der Waals surface area contributed by atoms with Gasteiger partial charge in [-0.15, -0.1) is 0 Å². The number of fused-ring (bicyclic) bond motifs is 1. The molecule has 24 heavy (non-hydrogen) atoms. The summed E-state index contributed by atoms with van der Waals surface area (Å²) in [6, 6.07) is 7.18. The van der Waals surface area contributed by atoms with E-state index in [9.17, 15) is 4.79 Å². The van der Waals surface area contributed by atoms with E-state index in [0.717, 1.165) is 17.1 Å². The number of amides is 1. The lowest BCUT2D eigenvalue weighted by Gasteiger charge is -2.10. The molecule has 0 saturated heterocycles. The zero-order valence-electron chi connectivity index (χ0n) is 13.7. The molecule has 2 N–H and O–H groups in total. The molecule has 0 radical (unpaired) electrons. The first-order chi connectivity index (χ1) is 11.5. The molecule has 2 aromatic heterocycles. The molecule has 0 spiro atoms. The van der Waals surface area contributed by atoms with Gasteiger partial charge < -0.3 is 10.6 Å². The molecule has 2 heterocycles. The Balaban J connectivity index is 1.86. The van der Waals surface area contributed by atoms with Crippen LogP contribution >= 0.6 is 11.6 Å². The molecule has 0 bridgehead atoms. The summed E-state index contributed by atoms with van der Waals surface area (Å²) in [4.78, 5) is 20.9. The third kappa shape index (κ3) is 3.19. The van der Waals surface area contributed by atoms with Gasteiger partial charge in [0.05, 0.1) is 17.8 Å². The van der Waals surface area contributed by atoms with Crippen molar-refractivity contribution in [1.29, 1.82) is 0 Å². The summed E-state index contributed by atoms with van der Waals surface area (Å²) in [6.45, 7) is 4.44. The van der Waals surface area contributed by atoms with E-state index in [1.807, 2.05) is 30.5 Å². The lowest BCUT2D eigenvalue weighted by molar-refractivity contribution is 0.0964. The maximum Gasteiger partial charge on any atom is 0.253 e. The predicted molar refractivity (Wildman–Crippen MR) is 94.6 cm³/mol. The third-order valence-electron chi connectivity index (χ3n) is 3.72. The minimum absolute atomic E-state index is 0.192. The minimum Gasteiger partial charge on any atom is -0.379 e. The van der Waals surface area contributed by atoms with E-state index in [-0.39, 0.29) is 5.91 Å². The number of rotatable bonds is 4. The van der Waals surface area contributed by atoms with Gasteiger partial charge in [-0.25, -0.2) is 9.97 Å². The van der Waals surface area contributed by atoms with Gasteiger partial charge in [0.2, 0.25) is 5.78 Å². The van der Waals surface area contributed by atoms with Crippen LogP contribution in [0.1, 0.15) is 27.4 Å². The van der Waals surface area contributed by atoms with Crippen molar-refractivity contribution in [3.8, 4) is 0 Å². The zero-order valence-corrected chi connectivity index (χ0v) is 14.5. The summed E-state index contributed by atoms with van der Waals surface area (Å²) < 4.78 is 1.95. The van der Waals surface area contributed by atoms with Gasteiger partial charge in [-0.05, 0) is 38.1 Å². The number of benzene rings is 1. The number of anilines is 1. The number of nitrogens with one attached hydrogen (secondary N) is 2. The van der Waals surface area contributed by atoms with Gasteiger partial charge in [0, 0.05) is 35.3 Å². The summed E-state index contributed by atoms with van der Waals surface area (Å²) in [5.41, 5.74) is 4.06. The van der Waals surface area contributed by atoms with Crippen molar-refractivity contribution in [2.45, 2.75) is 20.4 Å². The number of carbonyl (C=O) groups excluding carboxylic acids is 1. The lowest BCUT2D eigenvalue weighted by atomic mass is 10.1. The number of halogens is 1. The van der Waals surface area contributed by atoms with Crippen molar-refractivity contribution in [1.82, 2.24) is 19.7 Å². The Labute approximate surface area is 144 Å². The van der Waals surface area contributed by atoms with Crippen LogP contribution in [0.15, 0.2) is 30.5 Å². The smallest absolute Gasteiger partial charge is 0.253 e. The fourth-order valence-corrected chi connectivity index (χ4v) is 2.75. The van der Waals surface area contributed by atoms with E-state index in [2.05, 4.69) is 20.6 Å². The van der Waals surface area contributed by atoms with Gasteiger partial charge in [0.15, 0.2) is 0 Å². The molecule has 3 aromatic rings. The van der Waals surface area contributed by atoms with E-state index < -0.39 is 0 Å². The summed E-state index contributed by atoms with van der Waals surface area (Å²) in [7, 11) is 1.59. The molecule has 124 valence electrons. The molecule has 0 atom stereocenters. The molecule has 0 aliphatic rings. The average molecular weight is 344 g/mol. The highest BCUT2D eigenvalue weighted by atomic mass is 35.5. The van der Waals surface area contributed by atoms with E-state index in [1.165, 1.54) is 0 Å². The van der Waals surface area contributed by atoms with Crippen LogP contribution in [-0.4, -0.2) is 27.3 Å². The Hall–Kier alpha value is -2.60. The number of hydrogen-bond donors (Lipinski definition) is 2. The Morgan fingerprint density at radius 1 is 1.25 bits per heavy atom. The van der Waals surface area contributed by atoms with E-state index in [1.54, 1.807) is 25.2 Å². The van der Waals surface area contributed by atoms with Crippen LogP contribution in [0.25, 0.3) is 5.78 Å². The maximum absolute atomic E-state index is 12.0. The highest BCUT2D eigenvalue weighted by molar-refractivity contribution is 6.31. The number of imidazole rings is 1. The highest BCUT2D eigenvalue weighted by Crippen LogP contribution is 2.21. The summed E-state index contributed by atoms with van der Waals surface area (Å²) in [5, 5.41) is 6.37. The molecule has 1 amide bonds. The van der Waals surface area contributed by atoms with Gasteiger partial charge in [-0.2, -0.15) is 0 Å². The minimum atomic E-state index is -0.192. The molecule has 0 saturated carbocycles. The Morgan fingerprint density at radius 2 is 2.04 bits per heavy atom. The van der Waals surface area contributed by atoms with Crippen LogP contribution in [-0.2, 0) is 6.54 Å². The van der Waals surface area contributed by atoms with E-state index >= 15 is 0 Å². The van der Waals surface area contributed by atoms with Gasteiger partial charge >= 0.3 is 0 Å². The van der Waals surface area contributed by atoms with Crippen molar-refractivity contribution in [2.24, 2.45) is 0 Å². The summed E-state index contributed by atoms with van der Waals surface area (Å²) in [6.07, 6.45) is 1.94. The predicted octanol–water partition coefficient (Wildman–Crippen LogP) is 2.97. The van der Waals surface area contributed by atoms with Crippen LogP contribution < -0.4 is 10.6 Å². The first-order valence-corrected chi connectivity index (χ1v) is 7.93. The standard InChI is InChI=1S/C17H18ClN5O/c1-10-6-11(2)23-9-13(22-17(23)21-10)8-20-15-5-4-12(18)7-14(15)16(24)19-3/h4-7,9,20H,8H2,1-3H3,(H,19,24). The average Bonchev–Trinajstić information content (AvgIpc) is 2.96. The quantitative estimate of drug-likeness (QED) is 0.764. The summed E-state index contributed by atoms with van der Waals surface area (Å²) >= 11 is 5.99. The molecule has 0 aliphatic heterocycles. The molecule has 0 unspecified atom stereocenters. The van der Waals surface area contributed by atoms with E-state index in [4.69, 9.17) is 11.6 Å². The Morgan fingerprint density at radius 3 is 2.79 bits per heavy atom. The van der Waals surface area contributed by atoms with Gasteiger partial charge in [-0.3, -0.25) is 9.20 Å². The number of hydrogen-bond acceptors (Lipinski definition) is 4. The Kier molecular flexibility index (Phi) is 4.40. The molecule has 1 aromatic carbocycles. The molecule has 0 fully saturated rings. The van der Waals surface area contributed by atoms with E-state index in [0.29, 0.717) is 28.6 Å². The molecule has 6 nitrogen and oxygen atoms in total. The second-order valence-corrected chi connectivity index (χ2v) is 6.00. The van der Waals surface area contributed by atoms with Crippen molar-refractivity contribution < 1.29 is 4.79 Å². The fraction of sp³-hybridized carbons (Fsp3) is 0.235. The van der Waals surface area contributed by atoms with Crippen molar-refractivity contribution >= 4 is 29.0 Å². The number of aromatic nitrogens is 3. The van der Waals surface area contributed by atoms with Crippen LogP contribution in [0.4, 0.5) is 5.69 Å². The highest BCUT2D eigenvalue weighted by Gasteiger charge is 2.12. The largest absolute Gasteiger partial charge is 0.379 e. The zero-order chi connectivity index (χ0) is 17.3.